The fourth-order valence-corrected chi connectivity index (χ4v) is 4.20. The number of nitrogens with zero attached hydrogens (tertiary/aromatic N) is 2. The quantitative estimate of drug-likeness (QED) is 0.685. The van der Waals surface area contributed by atoms with Crippen LogP contribution in [0.15, 0.2) is 0 Å². The summed E-state index contributed by atoms with van der Waals surface area (Å²) >= 11 is 0. The molecule has 0 aliphatic carbocycles. The zero-order valence-electron chi connectivity index (χ0n) is 16.3. The molecule has 2 atom stereocenters. The molecule has 3 aliphatic heterocycles. The molecule has 2 unspecified atom stereocenters. The summed E-state index contributed by atoms with van der Waals surface area (Å²) in [4.78, 5) is 16.4. The van der Waals surface area contributed by atoms with Crippen molar-refractivity contribution >= 4 is 6.09 Å². The molecule has 146 valence electrons. The van der Waals surface area contributed by atoms with Crippen LogP contribution in [-0.4, -0.2) is 80.1 Å². The van der Waals surface area contributed by atoms with Gasteiger partial charge in [-0.25, -0.2) is 4.79 Å². The van der Waals surface area contributed by atoms with E-state index < -0.39 is 0 Å². The lowest BCUT2D eigenvalue weighted by Crippen LogP contribution is -2.48. The number of carbonyl (C=O) groups is 1. The molecule has 0 saturated carbocycles. The van der Waals surface area contributed by atoms with Gasteiger partial charge in [0, 0.05) is 31.3 Å². The van der Waals surface area contributed by atoms with Crippen LogP contribution in [-0.2, 0) is 14.2 Å². The smallest absolute Gasteiger partial charge is 0.409 e. The van der Waals surface area contributed by atoms with Gasteiger partial charge in [0.05, 0.1) is 19.8 Å². The van der Waals surface area contributed by atoms with Gasteiger partial charge in [-0.05, 0) is 38.6 Å². The third kappa shape index (κ3) is 5.08. The fourth-order valence-electron chi connectivity index (χ4n) is 4.20. The molecule has 0 aromatic rings. The number of rotatable bonds is 6. The molecule has 0 aromatic heterocycles. The summed E-state index contributed by atoms with van der Waals surface area (Å²) in [5.41, 5.74) is 0.200. The van der Waals surface area contributed by atoms with Crippen molar-refractivity contribution in [2.24, 2.45) is 0 Å². The standard InChI is InChI=1S/C17H30N2O4.C2H6/c1-2-10-22-14-17-5-3-7-19(17)15(4-6-17)13-23-16(20)18-8-11-21-12-9-18;1-2/h15H,2-14H2,1H3;1-2H3. The van der Waals surface area contributed by atoms with Crippen LogP contribution in [0.1, 0.15) is 52.9 Å². The Hall–Kier alpha value is -0.850. The first-order chi connectivity index (χ1) is 12.2. The Morgan fingerprint density at radius 2 is 1.96 bits per heavy atom. The maximum atomic E-state index is 12.1. The number of hydrogen-bond donors (Lipinski definition) is 0. The maximum Gasteiger partial charge on any atom is 0.409 e. The van der Waals surface area contributed by atoms with E-state index in [0.29, 0.717) is 39.0 Å². The Balaban J connectivity index is 0.00000109. The summed E-state index contributed by atoms with van der Waals surface area (Å²) in [6, 6.07) is 0.354. The topological polar surface area (TPSA) is 51.2 Å². The number of carbonyl (C=O) groups excluding carboxylic acids is 1. The number of ether oxygens (including phenoxy) is 3. The monoisotopic (exact) mass is 356 g/mol. The third-order valence-corrected chi connectivity index (χ3v) is 5.42. The van der Waals surface area contributed by atoms with E-state index in [1.807, 2.05) is 13.8 Å². The van der Waals surface area contributed by atoms with E-state index in [9.17, 15) is 4.79 Å². The molecule has 3 heterocycles. The minimum atomic E-state index is -0.188. The lowest BCUT2D eigenvalue weighted by Gasteiger charge is -2.35. The summed E-state index contributed by atoms with van der Waals surface area (Å²) in [6.07, 6.45) is 5.58. The second-order valence-corrected chi connectivity index (χ2v) is 6.94. The van der Waals surface area contributed by atoms with Crippen molar-refractivity contribution in [2.45, 2.75) is 64.5 Å². The Kier molecular flexibility index (Phi) is 8.46. The molecule has 0 N–H and O–H groups in total. The molecule has 25 heavy (non-hydrogen) atoms. The van der Waals surface area contributed by atoms with Crippen molar-refractivity contribution in [2.75, 3.05) is 52.7 Å². The predicted molar refractivity (Wildman–Crippen MR) is 97.9 cm³/mol. The van der Waals surface area contributed by atoms with Gasteiger partial charge in [0.2, 0.25) is 0 Å². The average Bonchev–Trinajstić information content (AvgIpc) is 3.22. The summed E-state index contributed by atoms with van der Waals surface area (Å²) in [5.74, 6) is 0. The Morgan fingerprint density at radius 1 is 1.20 bits per heavy atom. The highest BCUT2D eigenvalue weighted by molar-refractivity contribution is 5.67. The van der Waals surface area contributed by atoms with Gasteiger partial charge < -0.3 is 19.1 Å². The minimum absolute atomic E-state index is 0.188. The molecule has 3 saturated heterocycles. The van der Waals surface area contributed by atoms with Gasteiger partial charge in [-0.15, -0.1) is 0 Å². The predicted octanol–water partition coefficient (Wildman–Crippen LogP) is 2.91. The van der Waals surface area contributed by atoms with Crippen LogP contribution in [0, 0.1) is 0 Å². The van der Waals surface area contributed by atoms with E-state index in [1.165, 1.54) is 12.8 Å². The Morgan fingerprint density at radius 3 is 2.68 bits per heavy atom. The second kappa shape index (κ2) is 10.3. The second-order valence-electron chi connectivity index (χ2n) is 6.94. The largest absolute Gasteiger partial charge is 0.448 e. The van der Waals surface area contributed by atoms with Gasteiger partial charge in [-0.3, -0.25) is 4.90 Å². The zero-order chi connectivity index (χ0) is 18.1. The van der Waals surface area contributed by atoms with Crippen LogP contribution >= 0.6 is 0 Å². The van der Waals surface area contributed by atoms with Crippen molar-refractivity contribution in [3.8, 4) is 0 Å². The SMILES string of the molecule is CC.CCCOCC12CCCN1C(COC(=O)N1CCOCC1)CC2. The lowest BCUT2D eigenvalue weighted by atomic mass is 9.95. The number of fused-ring (bicyclic) bond motifs is 1. The van der Waals surface area contributed by atoms with Crippen molar-refractivity contribution in [3.05, 3.63) is 0 Å². The Bertz CT molecular complexity index is 401. The molecular weight excluding hydrogens is 320 g/mol. The summed E-state index contributed by atoms with van der Waals surface area (Å²) in [6.45, 7) is 11.9. The first kappa shape index (κ1) is 20.5. The van der Waals surface area contributed by atoms with Gasteiger partial charge in [0.1, 0.15) is 6.61 Å². The van der Waals surface area contributed by atoms with Gasteiger partial charge in [-0.2, -0.15) is 0 Å². The van der Waals surface area contributed by atoms with Crippen molar-refractivity contribution in [1.82, 2.24) is 9.80 Å². The molecule has 3 rings (SSSR count). The van der Waals surface area contributed by atoms with Crippen LogP contribution in [0.2, 0.25) is 0 Å². The Labute approximate surface area is 152 Å². The van der Waals surface area contributed by atoms with Crippen molar-refractivity contribution < 1.29 is 19.0 Å². The lowest BCUT2D eigenvalue weighted by molar-refractivity contribution is 0.00147. The zero-order valence-corrected chi connectivity index (χ0v) is 16.3. The van der Waals surface area contributed by atoms with E-state index in [-0.39, 0.29) is 11.6 Å². The molecule has 6 nitrogen and oxygen atoms in total. The first-order valence-electron chi connectivity index (χ1n) is 10.1. The van der Waals surface area contributed by atoms with E-state index in [0.717, 1.165) is 39.0 Å². The van der Waals surface area contributed by atoms with E-state index in [1.54, 1.807) is 4.90 Å². The molecule has 0 spiro atoms. The van der Waals surface area contributed by atoms with E-state index >= 15 is 0 Å². The number of hydrogen-bond acceptors (Lipinski definition) is 5. The van der Waals surface area contributed by atoms with E-state index in [2.05, 4.69) is 11.8 Å². The van der Waals surface area contributed by atoms with Crippen molar-refractivity contribution in [3.63, 3.8) is 0 Å². The summed E-state index contributed by atoms with van der Waals surface area (Å²) in [7, 11) is 0. The minimum Gasteiger partial charge on any atom is -0.448 e. The normalized spacial score (nSPS) is 29.1. The van der Waals surface area contributed by atoms with Gasteiger partial charge in [0.25, 0.3) is 0 Å². The maximum absolute atomic E-state index is 12.1. The van der Waals surface area contributed by atoms with Crippen LogP contribution in [0.3, 0.4) is 0 Å². The third-order valence-electron chi connectivity index (χ3n) is 5.42. The molecule has 0 radical (unpaired) electrons. The highest BCUT2D eigenvalue weighted by Gasteiger charge is 2.49. The highest BCUT2D eigenvalue weighted by Crippen LogP contribution is 2.42. The first-order valence-corrected chi connectivity index (χ1v) is 10.1. The summed E-state index contributed by atoms with van der Waals surface area (Å²) in [5, 5.41) is 0. The molecule has 3 fully saturated rings. The molecule has 1 amide bonds. The number of morpholine rings is 1. The average molecular weight is 357 g/mol. The molecular formula is C19H36N2O4. The van der Waals surface area contributed by atoms with Gasteiger partial charge >= 0.3 is 6.09 Å². The highest BCUT2D eigenvalue weighted by atomic mass is 16.6. The van der Waals surface area contributed by atoms with Crippen LogP contribution in [0.4, 0.5) is 4.79 Å². The van der Waals surface area contributed by atoms with Crippen LogP contribution < -0.4 is 0 Å². The van der Waals surface area contributed by atoms with Crippen LogP contribution in [0.5, 0.6) is 0 Å². The van der Waals surface area contributed by atoms with Crippen molar-refractivity contribution in [1.29, 1.82) is 0 Å². The molecule has 3 aliphatic rings. The molecule has 0 bridgehead atoms. The number of amides is 1. The van der Waals surface area contributed by atoms with Gasteiger partial charge in [-0.1, -0.05) is 20.8 Å². The summed E-state index contributed by atoms with van der Waals surface area (Å²) < 4.78 is 16.7. The van der Waals surface area contributed by atoms with E-state index in [4.69, 9.17) is 14.2 Å². The fraction of sp³-hybridized carbons (Fsp3) is 0.947. The molecule has 6 heteroatoms. The van der Waals surface area contributed by atoms with Crippen LogP contribution in [0.25, 0.3) is 0 Å². The van der Waals surface area contributed by atoms with Gasteiger partial charge in [0.15, 0.2) is 0 Å². The molecule has 0 aromatic carbocycles.